The van der Waals surface area contributed by atoms with Crippen molar-refractivity contribution in [2.45, 2.75) is 24.8 Å². The van der Waals surface area contributed by atoms with E-state index in [0.29, 0.717) is 0 Å². The number of methoxy groups -OCH3 is 1. The Balaban J connectivity index is 0.000000980. The van der Waals surface area contributed by atoms with E-state index in [9.17, 15) is 0 Å². The second-order valence-electron chi connectivity index (χ2n) is 3.74. The normalized spacial score (nSPS) is 17.9. The van der Waals surface area contributed by atoms with E-state index in [4.69, 9.17) is 10.5 Å². The zero-order valence-electron chi connectivity index (χ0n) is 8.32. The van der Waals surface area contributed by atoms with Gasteiger partial charge < -0.3 is 10.5 Å². The van der Waals surface area contributed by atoms with Crippen molar-refractivity contribution in [3.63, 3.8) is 0 Å². The van der Waals surface area contributed by atoms with Crippen LogP contribution in [0.3, 0.4) is 0 Å². The van der Waals surface area contributed by atoms with Gasteiger partial charge in [0.05, 0.1) is 7.11 Å². The number of halogens is 1. The van der Waals surface area contributed by atoms with E-state index in [1.165, 1.54) is 12.0 Å². The van der Waals surface area contributed by atoms with E-state index in [0.717, 1.165) is 18.6 Å². The van der Waals surface area contributed by atoms with Crippen LogP contribution in [0, 0.1) is 0 Å². The lowest BCUT2D eigenvalue weighted by molar-refractivity contribution is 0.252. The van der Waals surface area contributed by atoms with Crippen LogP contribution in [0.2, 0.25) is 0 Å². The maximum atomic E-state index is 6.19. The molecule has 0 aromatic heterocycles. The highest BCUT2D eigenvalue weighted by Gasteiger charge is 2.34. The van der Waals surface area contributed by atoms with E-state index < -0.39 is 0 Å². The molecule has 1 fully saturated rings. The van der Waals surface area contributed by atoms with Crippen molar-refractivity contribution in [1.82, 2.24) is 0 Å². The second-order valence-corrected chi connectivity index (χ2v) is 3.74. The van der Waals surface area contributed by atoms with Gasteiger partial charge in [-0.25, -0.2) is 0 Å². The Morgan fingerprint density at radius 1 is 1.36 bits per heavy atom. The van der Waals surface area contributed by atoms with Gasteiger partial charge in [-0.05, 0) is 37.0 Å². The molecule has 0 spiro atoms. The lowest BCUT2D eigenvalue weighted by Gasteiger charge is -2.38. The molecule has 1 aliphatic rings. The van der Waals surface area contributed by atoms with E-state index >= 15 is 0 Å². The summed E-state index contributed by atoms with van der Waals surface area (Å²) in [6.07, 6.45) is 3.44. The van der Waals surface area contributed by atoms with Crippen LogP contribution in [-0.2, 0) is 5.54 Å². The third kappa shape index (κ3) is 1.86. The van der Waals surface area contributed by atoms with Gasteiger partial charge >= 0.3 is 0 Å². The minimum Gasteiger partial charge on any atom is -0.497 e. The molecule has 0 aliphatic heterocycles. The first-order valence-corrected chi connectivity index (χ1v) is 4.68. The van der Waals surface area contributed by atoms with Gasteiger partial charge in [0.25, 0.3) is 0 Å². The van der Waals surface area contributed by atoms with Gasteiger partial charge in [0.15, 0.2) is 0 Å². The Morgan fingerprint density at radius 3 is 2.57 bits per heavy atom. The Bertz CT molecular complexity index is 310. The molecule has 14 heavy (non-hydrogen) atoms. The fraction of sp³-hybridized carbons (Fsp3) is 0.455. The van der Waals surface area contributed by atoms with E-state index in [2.05, 4.69) is 6.07 Å². The number of rotatable bonds is 2. The first-order chi connectivity index (χ1) is 6.24. The Labute approximate surface area is 90.9 Å². The molecule has 1 aromatic rings. The smallest absolute Gasteiger partial charge is 0.119 e. The molecule has 78 valence electrons. The maximum absolute atomic E-state index is 6.19. The number of nitrogens with two attached hydrogens (primary N) is 1. The minimum atomic E-state index is -0.0749. The van der Waals surface area contributed by atoms with Gasteiger partial charge in [-0.15, -0.1) is 12.4 Å². The molecule has 0 amide bonds. The summed E-state index contributed by atoms with van der Waals surface area (Å²) in [7, 11) is 1.68. The van der Waals surface area contributed by atoms with E-state index in [-0.39, 0.29) is 17.9 Å². The van der Waals surface area contributed by atoms with Crippen molar-refractivity contribution in [2.75, 3.05) is 7.11 Å². The fourth-order valence-corrected chi connectivity index (χ4v) is 1.78. The standard InChI is InChI=1S/C11H15NO.ClH/c1-13-10-5-2-4-9(8-10)11(12)6-3-7-11;/h2,4-5,8H,3,6-7,12H2,1H3;1H. The first-order valence-electron chi connectivity index (χ1n) is 4.68. The average molecular weight is 214 g/mol. The predicted octanol–water partition coefficient (Wildman–Crippen LogP) is 2.45. The van der Waals surface area contributed by atoms with Crippen LogP contribution < -0.4 is 10.5 Å². The summed E-state index contributed by atoms with van der Waals surface area (Å²) < 4.78 is 5.16. The molecule has 2 N–H and O–H groups in total. The molecule has 2 rings (SSSR count). The largest absolute Gasteiger partial charge is 0.497 e. The molecule has 1 aliphatic carbocycles. The minimum absolute atomic E-state index is 0. The third-order valence-electron chi connectivity index (χ3n) is 2.89. The quantitative estimate of drug-likeness (QED) is 0.819. The van der Waals surface area contributed by atoms with Gasteiger partial charge in [0.2, 0.25) is 0 Å². The van der Waals surface area contributed by atoms with Crippen LogP contribution in [0.1, 0.15) is 24.8 Å². The molecular weight excluding hydrogens is 198 g/mol. The second kappa shape index (κ2) is 4.20. The summed E-state index contributed by atoms with van der Waals surface area (Å²) in [4.78, 5) is 0. The summed E-state index contributed by atoms with van der Waals surface area (Å²) in [5, 5.41) is 0. The molecule has 1 aromatic carbocycles. The van der Waals surface area contributed by atoms with Crippen molar-refractivity contribution in [1.29, 1.82) is 0 Å². The summed E-state index contributed by atoms with van der Waals surface area (Å²) in [6.45, 7) is 0. The molecule has 0 radical (unpaired) electrons. The SMILES string of the molecule is COc1cccc(C2(N)CCC2)c1.Cl. The van der Waals surface area contributed by atoms with Crippen LogP contribution in [-0.4, -0.2) is 7.11 Å². The summed E-state index contributed by atoms with van der Waals surface area (Å²) in [5.74, 6) is 0.897. The average Bonchev–Trinajstić information content (AvgIpc) is 2.14. The topological polar surface area (TPSA) is 35.2 Å². The van der Waals surface area contributed by atoms with Gasteiger partial charge in [0, 0.05) is 5.54 Å². The summed E-state index contributed by atoms with van der Waals surface area (Å²) in [5.41, 5.74) is 7.32. The molecule has 0 heterocycles. The van der Waals surface area contributed by atoms with E-state index in [1.54, 1.807) is 7.11 Å². The van der Waals surface area contributed by atoms with Crippen LogP contribution in [0.15, 0.2) is 24.3 Å². The van der Waals surface area contributed by atoms with Crippen LogP contribution >= 0.6 is 12.4 Å². The van der Waals surface area contributed by atoms with Gasteiger partial charge in [-0.3, -0.25) is 0 Å². The maximum Gasteiger partial charge on any atom is 0.119 e. The zero-order valence-corrected chi connectivity index (χ0v) is 9.14. The molecule has 1 saturated carbocycles. The highest BCUT2D eigenvalue weighted by Crippen LogP contribution is 2.39. The van der Waals surface area contributed by atoms with Crippen molar-refractivity contribution in [2.24, 2.45) is 5.73 Å². The monoisotopic (exact) mass is 213 g/mol. The molecule has 3 heteroatoms. The Hall–Kier alpha value is -0.730. The Kier molecular flexibility index (Phi) is 3.40. The van der Waals surface area contributed by atoms with Crippen molar-refractivity contribution >= 4 is 12.4 Å². The van der Waals surface area contributed by atoms with Crippen molar-refractivity contribution in [3.8, 4) is 5.75 Å². The van der Waals surface area contributed by atoms with Gasteiger partial charge in [-0.1, -0.05) is 12.1 Å². The molecule has 0 atom stereocenters. The fourth-order valence-electron chi connectivity index (χ4n) is 1.78. The number of ether oxygens (including phenoxy) is 1. The Morgan fingerprint density at radius 2 is 2.07 bits per heavy atom. The lowest BCUT2D eigenvalue weighted by Crippen LogP contribution is -2.43. The third-order valence-corrected chi connectivity index (χ3v) is 2.89. The summed E-state index contributed by atoms with van der Waals surface area (Å²) >= 11 is 0. The molecule has 0 saturated heterocycles. The van der Waals surface area contributed by atoms with Crippen LogP contribution in [0.25, 0.3) is 0 Å². The van der Waals surface area contributed by atoms with Gasteiger partial charge in [0.1, 0.15) is 5.75 Å². The number of hydrogen-bond acceptors (Lipinski definition) is 2. The lowest BCUT2D eigenvalue weighted by atomic mass is 9.73. The zero-order chi connectivity index (χ0) is 9.31. The van der Waals surface area contributed by atoms with Crippen molar-refractivity contribution in [3.05, 3.63) is 29.8 Å². The van der Waals surface area contributed by atoms with E-state index in [1.807, 2.05) is 18.2 Å². The number of benzene rings is 1. The molecule has 2 nitrogen and oxygen atoms in total. The highest BCUT2D eigenvalue weighted by molar-refractivity contribution is 5.85. The first kappa shape index (κ1) is 11.3. The number of hydrogen-bond donors (Lipinski definition) is 1. The van der Waals surface area contributed by atoms with Gasteiger partial charge in [-0.2, -0.15) is 0 Å². The molecule has 0 bridgehead atoms. The summed E-state index contributed by atoms with van der Waals surface area (Å²) in [6, 6.07) is 8.08. The molecular formula is C11H16ClNO. The predicted molar refractivity (Wildman–Crippen MR) is 60.0 cm³/mol. The van der Waals surface area contributed by atoms with Crippen LogP contribution in [0.5, 0.6) is 5.75 Å². The molecule has 0 unspecified atom stereocenters. The van der Waals surface area contributed by atoms with Crippen molar-refractivity contribution < 1.29 is 4.74 Å². The van der Waals surface area contributed by atoms with Crippen LogP contribution in [0.4, 0.5) is 0 Å². The highest BCUT2D eigenvalue weighted by atomic mass is 35.5.